The number of hydrogen-bond acceptors (Lipinski definition) is 4. The third-order valence-electron chi connectivity index (χ3n) is 7.41. The molecule has 0 bridgehead atoms. The SMILES string of the molecule is CCC(C)NC1(NC(C)CC)C=CC(CC2=CCC(NC(C)CC)(NC(C)CC)C=C2)=CC1. The van der Waals surface area contributed by atoms with Gasteiger partial charge < -0.3 is 0 Å². The third kappa shape index (κ3) is 8.51. The van der Waals surface area contributed by atoms with Crippen molar-refractivity contribution in [2.45, 2.75) is 136 Å². The van der Waals surface area contributed by atoms with E-state index in [0.717, 1.165) is 44.9 Å². The van der Waals surface area contributed by atoms with Gasteiger partial charge >= 0.3 is 0 Å². The zero-order valence-corrected chi connectivity index (χ0v) is 22.7. The zero-order chi connectivity index (χ0) is 24.5. The van der Waals surface area contributed by atoms with E-state index >= 15 is 0 Å². The van der Waals surface area contributed by atoms with Crippen molar-refractivity contribution in [3.05, 3.63) is 47.6 Å². The first-order valence-electron chi connectivity index (χ1n) is 13.6. The predicted octanol–water partition coefficient (Wildman–Crippen LogP) is 6.09. The van der Waals surface area contributed by atoms with Crippen LogP contribution in [0.15, 0.2) is 47.6 Å². The van der Waals surface area contributed by atoms with Crippen LogP contribution >= 0.6 is 0 Å². The van der Waals surface area contributed by atoms with Crippen molar-refractivity contribution < 1.29 is 0 Å². The molecule has 0 spiro atoms. The highest BCUT2D eigenvalue weighted by atomic mass is 15.2. The van der Waals surface area contributed by atoms with E-state index in [9.17, 15) is 0 Å². The maximum atomic E-state index is 3.84. The summed E-state index contributed by atoms with van der Waals surface area (Å²) in [5.41, 5.74) is 2.55. The van der Waals surface area contributed by atoms with Crippen molar-refractivity contribution in [2.24, 2.45) is 0 Å². The fraction of sp³-hybridized carbons (Fsp3) is 0.724. The molecule has 4 unspecified atom stereocenters. The normalized spacial score (nSPS) is 28.7. The Kier molecular flexibility index (Phi) is 11.1. The molecule has 0 fully saturated rings. The maximum Gasteiger partial charge on any atom is 0.0921 e. The standard InChI is InChI=1S/C29H52N4/c1-9-22(5)30-28(31-23(6)10-2)17-13-26(14-18-28)21-27-15-19-29(20-16-27,32-24(7)11-3)33-25(8)12-4/h13-17,19,22-25,30-33H,9-12,18,20-21H2,1-8H3. The lowest BCUT2D eigenvalue weighted by atomic mass is 9.88. The highest BCUT2D eigenvalue weighted by Crippen LogP contribution is 2.28. The minimum absolute atomic E-state index is 0.138. The van der Waals surface area contributed by atoms with Gasteiger partial charge in [-0.15, -0.1) is 0 Å². The number of allylic oxidation sites excluding steroid dienone is 4. The van der Waals surface area contributed by atoms with Gasteiger partial charge in [0.15, 0.2) is 0 Å². The van der Waals surface area contributed by atoms with Crippen molar-refractivity contribution in [1.82, 2.24) is 21.3 Å². The molecule has 4 N–H and O–H groups in total. The molecule has 188 valence electrons. The second-order valence-corrected chi connectivity index (χ2v) is 10.6. The molecular formula is C29H52N4. The van der Waals surface area contributed by atoms with Crippen molar-refractivity contribution in [3.63, 3.8) is 0 Å². The summed E-state index contributed by atoms with van der Waals surface area (Å²) in [7, 11) is 0. The van der Waals surface area contributed by atoms with Gasteiger partial charge in [-0.3, -0.25) is 21.3 Å². The van der Waals surface area contributed by atoms with Crippen LogP contribution in [0.3, 0.4) is 0 Å². The summed E-state index contributed by atoms with van der Waals surface area (Å²) in [6.45, 7) is 18.1. The highest BCUT2D eigenvalue weighted by Gasteiger charge is 2.32. The molecule has 0 saturated heterocycles. The Hall–Kier alpha value is -1.20. The molecule has 0 radical (unpaired) electrons. The Morgan fingerprint density at radius 2 is 0.909 bits per heavy atom. The second-order valence-electron chi connectivity index (χ2n) is 10.6. The summed E-state index contributed by atoms with van der Waals surface area (Å²) >= 11 is 0. The van der Waals surface area contributed by atoms with E-state index in [1.165, 1.54) is 11.1 Å². The molecule has 0 aliphatic heterocycles. The van der Waals surface area contributed by atoms with Gasteiger partial charge in [-0.2, -0.15) is 0 Å². The fourth-order valence-electron chi connectivity index (χ4n) is 4.53. The van der Waals surface area contributed by atoms with Gasteiger partial charge in [0.05, 0.1) is 11.3 Å². The van der Waals surface area contributed by atoms with E-state index in [1.807, 2.05) is 0 Å². The zero-order valence-electron chi connectivity index (χ0n) is 22.7. The van der Waals surface area contributed by atoms with Gasteiger partial charge in [-0.1, -0.05) is 52.0 Å². The summed E-state index contributed by atoms with van der Waals surface area (Å²) in [6.07, 6.45) is 21.7. The molecule has 0 heterocycles. The van der Waals surface area contributed by atoms with Crippen LogP contribution in [-0.4, -0.2) is 35.5 Å². The van der Waals surface area contributed by atoms with Gasteiger partial charge in [-0.25, -0.2) is 0 Å². The molecule has 0 aromatic heterocycles. The first kappa shape index (κ1) is 28.0. The van der Waals surface area contributed by atoms with Crippen LogP contribution in [0.1, 0.15) is 100 Å². The van der Waals surface area contributed by atoms with Crippen molar-refractivity contribution in [1.29, 1.82) is 0 Å². The predicted molar refractivity (Wildman–Crippen MR) is 145 cm³/mol. The minimum Gasteiger partial charge on any atom is -0.293 e. The van der Waals surface area contributed by atoms with Crippen LogP contribution in [0.4, 0.5) is 0 Å². The molecule has 2 aliphatic carbocycles. The summed E-state index contributed by atoms with van der Waals surface area (Å²) in [5.74, 6) is 0. The van der Waals surface area contributed by atoms with Crippen LogP contribution in [0, 0.1) is 0 Å². The Bertz CT molecular complexity index is 633. The smallest absolute Gasteiger partial charge is 0.0921 e. The van der Waals surface area contributed by atoms with E-state index in [2.05, 4.69) is 113 Å². The first-order valence-corrected chi connectivity index (χ1v) is 13.6. The van der Waals surface area contributed by atoms with Gasteiger partial charge in [0, 0.05) is 37.0 Å². The lowest BCUT2D eigenvalue weighted by Crippen LogP contribution is -2.60. The first-order chi connectivity index (χ1) is 15.7. The summed E-state index contributed by atoms with van der Waals surface area (Å²) in [6, 6.07) is 1.92. The Labute approximate surface area is 204 Å². The lowest BCUT2D eigenvalue weighted by molar-refractivity contribution is 0.259. The Morgan fingerprint density at radius 1 is 0.606 bits per heavy atom. The molecule has 0 aromatic rings. The van der Waals surface area contributed by atoms with Gasteiger partial charge in [0.1, 0.15) is 0 Å². The van der Waals surface area contributed by atoms with Gasteiger partial charge in [-0.05, 0) is 83.1 Å². The molecule has 33 heavy (non-hydrogen) atoms. The second kappa shape index (κ2) is 13.0. The average Bonchev–Trinajstić information content (AvgIpc) is 2.81. The van der Waals surface area contributed by atoms with Crippen LogP contribution in [0.2, 0.25) is 0 Å². The molecule has 0 amide bonds. The van der Waals surface area contributed by atoms with E-state index < -0.39 is 0 Å². The van der Waals surface area contributed by atoms with Crippen molar-refractivity contribution in [2.75, 3.05) is 0 Å². The average molecular weight is 457 g/mol. The van der Waals surface area contributed by atoms with Crippen molar-refractivity contribution in [3.8, 4) is 0 Å². The molecular weight excluding hydrogens is 404 g/mol. The van der Waals surface area contributed by atoms with Gasteiger partial charge in [0.2, 0.25) is 0 Å². The number of hydrogen-bond donors (Lipinski definition) is 4. The molecule has 0 saturated carbocycles. The number of nitrogens with one attached hydrogen (secondary N) is 4. The topological polar surface area (TPSA) is 48.1 Å². The van der Waals surface area contributed by atoms with E-state index in [-0.39, 0.29) is 11.3 Å². The molecule has 0 aromatic carbocycles. The van der Waals surface area contributed by atoms with E-state index in [4.69, 9.17) is 0 Å². The summed E-state index contributed by atoms with van der Waals surface area (Å²) < 4.78 is 0. The molecule has 4 atom stereocenters. The quantitative estimate of drug-likeness (QED) is 0.239. The van der Waals surface area contributed by atoms with Crippen LogP contribution in [0.25, 0.3) is 0 Å². The molecule has 4 nitrogen and oxygen atoms in total. The largest absolute Gasteiger partial charge is 0.293 e. The third-order valence-corrected chi connectivity index (χ3v) is 7.41. The van der Waals surface area contributed by atoms with Crippen molar-refractivity contribution >= 4 is 0 Å². The van der Waals surface area contributed by atoms with E-state index in [1.54, 1.807) is 0 Å². The summed E-state index contributed by atoms with van der Waals surface area (Å²) in [4.78, 5) is 0. The Morgan fingerprint density at radius 3 is 1.12 bits per heavy atom. The van der Waals surface area contributed by atoms with Crippen LogP contribution < -0.4 is 21.3 Å². The maximum absolute atomic E-state index is 3.84. The molecule has 2 aliphatic rings. The van der Waals surface area contributed by atoms with Gasteiger partial charge in [0.25, 0.3) is 0 Å². The fourth-order valence-corrected chi connectivity index (χ4v) is 4.53. The van der Waals surface area contributed by atoms with Crippen LogP contribution in [-0.2, 0) is 0 Å². The lowest BCUT2D eigenvalue weighted by Gasteiger charge is -2.40. The molecule has 4 heteroatoms. The summed E-state index contributed by atoms with van der Waals surface area (Å²) in [5, 5.41) is 15.4. The number of rotatable bonds is 14. The van der Waals surface area contributed by atoms with Crippen LogP contribution in [0.5, 0.6) is 0 Å². The van der Waals surface area contributed by atoms with E-state index in [0.29, 0.717) is 24.2 Å². The molecule has 2 rings (SSSR count). The Balaban J connectivity index is 2.06. The minimum atomic E-state index is -0.138. The highest BCUT2D eigenvalue weighted by molar-refractivity contribution is 5.38. The monoisotopic (exact) mass is 456 g/mol.